The van der Waals surface area contributed by atoms with E-state index in [-0.39, 0.29) is 26.1 Å². The standard InChI is InChI=1S/C20H23O5P/c1-3-23-26(22,24-4-2)20(14-16-10-6-5-7-11-16)15-17-12-8-9-13-18(17)25-19(20)21/h5-13H,3-4,14-15H2,1-2H3. The van der Waals surface area contributed by atoms with E-state index in [0.29, 0.717) is 5.75 Å². The maximum Gasteiger partial charge on any atom is 0.348 e. The summed E-state index contributed by atoms with van der Waals surface area (Å²) < 4.78 is 30.6. The van der Waals surface area contributed by atoms with Gasteiger partial charge in [0.05, 0.1) is 13.2 Å². The quantitative estimate of drug-likeness (QED) is 0.408. The number of carbonyl (C=O) groups is 1. The molecule has 1 aliphatic rings. The molecule has 0 aromatic heterocycles. The maximum atomic E-state index is 13.8. The second kappa shape index (κ2) is 7.75. The average Bonchev–Trinajstić information content (AvgIpc) is 2.63. The Labute approximate surface area is 153 Å². The first kappa shape index (κ1) is 18.8. The maximum absolute atomic E-state index is 13.8. The molecular weight excluding hydrogens is 351 g/mol. The molecule has 2 aromatic rings. The van der Waals surface area contributed by atoms with Crippen molar-refractivity contribution in [2.45, 2.75) is 31.8 Å². The van der Waals surface area contributed by atoms with Gasteiger partial charge in [0.15, 0.2) is 5.16 Å². The minimum absolute atomic E-state index is 0.183. The van der Waals surface area contributed by atoms with E-state index in [1.807, 2.05) is 42.5 Å². The van der Waals surface area contributed by atoms with E-state index in [9.17, 15) is 9.36 Å². The molecule has 3 rings (SSSR count). The third-order valence-corrected chi connectivity index (χ3v) is 7.24. The van der Waals surface area contributed by atoms with Gasteiger partial charge in [-0.1, -0.05) is 48.5 Å². The molecule has 1 aliphatic heterocycles. The smallest absolute Gasteiger partial charge is 0.348 e. The van der Waals surface area contributed by atoms with Crippen molar-refractivity contribution >= 4 is 13.6 Å². The van der Waals surface area contributed by atoms with Crippen LogP contribution in [0.1, 0.15) is 25.0 Å². The number of hydrogen-bond acceptors (Lipinski definition) is 5. The van der Waals surface area contributed by atoms with Crippen LogP contribution in [0.25, 0.3) is 0 Å². The van der Waals surface area contributed by atoms with Crippen LogP contribution in [0.3, 0.4) is 0 Å². The summed E-state index contributed by atoms with van der Waals surface area (Å²) in [4.78, 5) is 13.1. The van der Waals surface area contributed by atoms with Crippen molar-refractivity contribution in [2.75, 3.05) is 13.2 Å². The Bertz CT molecular complexity index is 810. The van der Waals surface area contributed by atoms with Gasteiger partial charge in [-0.05, 0) is 31.0 Å². The predicted molar refractivity (Wildman–Crippen MR) is 99.5 cm³/mol. The first-order chi connectivity index (χ1) is 12.5. The number of esters is 1. The van der Waals surface area contributed by atoms with E-state index in [1.54, 1.807) is 26.0 Å². The third kappa shape index (κ3) is 3.35. The number of para-hydroxylation sites is 1. The van der Waals surface area contributed by atoms with Crippen LogP contribution < -0.4 is 4.74 Å². The van der Waals surface area contributed by atoms with E-state index in [1.165, 1.54) is 0 Å². The van der Waals surface area contributed by atoms with Crippen LogP contribution in [0.2, 0.25) is 0 Å². The van der Waals surface area contributed by atoms with Crippen molar-refractivity contribution in [3.05, 3.63) is 65.7 Å². The van der Waals surface area contributed by atoms with Crippen molar-refractivity contribution in [1.82, 2.24) is 0 Å². The summed E-state index contributed by atoms with van der Waals surface area (Å²) in [5.41, 5.74) is 1.70. The molecule has 0 saturated heterocycles. The van der Waals surface area contributed by atoms with Crippen LogP contribution in [0.5, 0.6) is 5.75 Å². The van der Waals surface area contributed by atoms with Crippen molar-refractivity contribution in [1.29, 1.82) is 0 Å². The molecule has 2 aromatic carbocycles. The number of ether oxygens (including phenoxy) is 1. The van der Waals surface area contributed by atoms with Gasteiger partial charge in [0.1, 0.15) is 5.75 Å². The van der Waals surface area contributed by atoms with E-state index < -0.39 is 18.7 Å². The van der Waals surface area contributed by atoms with Gasteiger partial charge < -0.3 is 13.8 Å². The second-order valence-electron chi connectivity index (χ2n) is 6.20. The lowest BCUT2D eigenvalue weighted by molar-refractivity contribution is -0.139. The van der Waals surface area contributed by atoms with Crippen molar-refractivity contribution in [2.24, 2.45) is 0 Å². The number of rotatable bonds is 7. The van der Waals surface area contributed by atoms with Gasteiger partial charge in [0.25, 0.3) is 0 Å². The van der Waals surface area contributed by atoms with E-state index >= 15 is 0 Å². The molecule has 138 valence electrons. The largest absolute Gasteiger partial charge is 0.425 e. The summed E-state index contributed by atoms with van der Waals surface area (Å²) in [6.45, 7) is 3.85. The first-order valence-corrected chi connectivity index (χ1v) is 10.3. The molecule has 26 heavy (non-hydrogen) atoms. The molecule has 0 spiro atoms. The molecule has 1 atom stereocenters. The van der Waals surface area contributed by atoms with Crippen LogP contribution in [0.15, 0.2) is 54.6 Å². The zero-order chi connectivity index (χ0) is 18.6. The van der Waals surface area contributed by atoms with Crippen molar-refractivity contribution in [3.63, 3.8) is 0 Å². The second-order valence-corrected chi connectivity index (χ2v) is 8.57. The van der Waals surface area contributed by atoms with Crippen molar-refractivity contribution < 1.29 is 23.1 Å². The number of carbonyl (C=O) groups excluding carboxylic acids is 1. The van der Waals surface area contributed by atoms with Crippen molar-refractivity contribution in [3.8, 4) is 5.75 Å². The Kier molecular flexibility index (Phi) is 5.61. The van der Waals surface area contributed by atoms with Crippen LogP contribution >= 0.6 is 7.60 Å². The third-order valence-electron chi connectivity index (χ3n) is 4.50. The summed E-state index contributed by atoms with van der Waals surface area (Å²) in [5, 5.41) is -1.41. The molecule has 0 aliphatic carbocycles. The van der Waals surface area contributed by atoms with Gasteiger partial charge in [-0.15, -0.1) is 0 Å². The molecule has 1 heterocycles. The molecule has 0 N–H and O–H groups in total. The molecule has 0 bridgehead atoms. The molecule has 0 fully saturated rings. The Hall–Kier alpha value is -1.94. The van der Waals surface area contributed by atoms with E-state index in [2.05, 4.69) is 0 Å². The fraction of sp³-hybridized carbons (Fsp3) is 0.350. The lowest BCUT2D eigenvalue weighted by Crippen LogP contribution is -2.49. The summed E-state index contributed by atoms with van der Waals surface area (Å²) in [6, 6.07) is 16.8. The van der Waals surface area contributed by atoms with Gasteiger partial charge in [-0.3, -0.25) is 9.36 Å². The van der Waals surface area contributed by atoms with Crippen LogP contribution in [0, 0.1) is 0 Å². The van der Waals surface area contributed by atoms with Crippen LogP contribution in [-0.2, 0) is 31.2 Å². The highest BCUT2D eigenvalue weighted by molar-refractivity contribution is 7.56. The minimum atomic E-state index is -3.78. The van der Waals surface area contributed by atoms with Gasteiger partial charge >= 0.3 is 13.6 Å². The summed E-state index contributed by atoms with van der Waals surface area (Å²) in [7, 11) is -3.78. The lowest BCUT2D eigenvalue weighted by atomic mass is 9.89. The molecular formula is C20H23O5P. The zero-order valence-electron chi connectivity index (χ0n) is 15.0. The van der Waals surface area contributed by atoms with E-state index in [4.69, 9.17) is 13.8 Å². The summed E-state index contributed by atoms with van der Waals surface area (Å²) >= 11 is 0. The number of hydrogen-bond donors (Lipinski definition) is 0. The number of benzene rings is 2. The lowest BCUT2D eigenvalue weighted by Gasteiger charge is -2.39. The van der Waals surface area contributed by atoms with E-state index in [0.717, 1.165) is 11.1 Å². The van der Waals surface area contributed by atoms with Crippen LogP contribution in [0.4, 0.5) is 0 Å². The Morgan fingerprint density at radius 1 is 1.00 bits per heavy atom. The summed E-state index contributed by atoms with van der Waals surface area (Å²) in [5.74, 6) is -0.0639. The van der Waals surface area contributed by atoms with Gasteiger partial charge in [-0.25, -0.2) is 0 Å². The van der Waals surface area contributed by atoms with Crippen LogP contribution in [-0.4, -0.2) is 24.3 Å². The molecule has 0 saturated carbocycles. The first-order valence-electron chi connectivity index (χ1n) is 8.78. The average molecular weight is 374 g/mol. The topological polar surface area (TPSA) is 61.8 Å². The fourth-order valence-electron chi connectivity index (χ4n) is 3.33. The minimum Gasteiger partial charge on any atom is -0.425 e. The molecule has 0 amide bonds. The number of fused-ring (bicyclic) bond motifs is 1. The normalized spacial score (nSPS) is 19.7. The summed E-state index contributed by atoms with van der Waals surface area (Å²) in [6.07, 6.45) is 0.465. The van der Waals surface area contributed by atoms with Gasteiger partial charge in [-0.2, -0.15) is 0 Å². The highest BCUT2D eigenvalue weighted by atomic mass is 31.2. The highest BCUT2D eigenvalue weighted by Crippen LogP contribution is 2.64. The zero-order valence-corrected chi connectivity index (χ0v) is 15.9. The van der Waals surface area contributed by atoms with Gasteiger partial charge in [0, 0.05) is 12.8 Å². The predicted octanol–water partition coefficient (Wildman–Crippen LogP) is 4.40. The fourth-order valence-corrected chi connectivity index (χ4v) is 5.59. The van der Waals surface area contributed by atoms with Gasteiger partial charge in [0.2, 0.25) is 0 Å². The molecule has 6 heteroatoms. The molecule has 0 radical (unpaired) electrons. The molecule has 1 unspecified atom stereocenters. The highest BCUT2D eigenvalue weighted by Gasteiger charge is 2.60. The SMILES string of the molecule is CCOP(=O)(OCC)C1(Cc2ccccc2)Cc2ccccc2OC1=O. The Morgan fingerprint density at radius 3 is 2.27 bits per heavy atom. The monoisotopic (exact) mass is 374 g/mol. The molecule has 5 nitrogen and oxygen atoms in total. The Morgan fingerprint density at radius 2 is 1.62 bits per heavy atom. The Balaban J connectivity index is 2.13.